The van der Waals surface area contributed by atoms with Gasteiger partial charge < -0.3 is 5.11 Å². The molecule has 0 saturated heterocycles. The smallest absolute Gasteiger partial charge is 0.0628 e. The van der Waals surface area contributed by atoms with Gasteiger partial charge >= 0.3 is 0 Å². The van der Waals surface area contributed by atoms with Gasteiger partial charge in [-0.05, 0) is 52.2 Å². The van der Waals surface area contributed by atoms with E-state index in [1.165, 1.54) is 11.3 Å². The van der Waals surface area contributed by atoms with Crippen LogP contribution in [0.3, 0.4) is 0 Å². The summed E-state index contributed by atoms with van der Waals surface area (Å²) >= 11 is 0. The monoisotopic (exact) mass is 290 g/mol. The second kappa shape index (κ2) is 6.43. The minimum atomic E-state index is -0.342. The molecule has 116 valence electrons. The maximum absolute atomic E-state index is 10.3. The molecule has 0 aliphatic heterocycles. The zero-order valence-electron chi connectivity index (χ0n) is 13.7. The molecule has 0 radical (unpaired) electrons. The third-order valence-electron chi connectivity index (χ3n) is 4.12. The van der Waals surface area contributed by atoms with E-state index in [0.29, 0.717) is 6.42 Å². The molecule has 1 N–H and O–H groups in total. The van der Waals surface area contributed by atoms with Crippen LogP contribution in [0.2, 0.25) is 0 Å². The molecule has 1 unspecified atom stereocenters. The van der Waals surface area contributed by atoms with Crippen LogP contribution in [-0.4, -0.2) is 30.8 Å². The second-order valence-corrected chi connectivity index (χ2v) is 5.76. The molecule has 1 atom stereocenters. The molecular formula is C16H26N4O. The molecule has 2 heterocycles. The molecule has 0 amide bonds. The Balaban J connectivity index is 1.97. The first-order chi connectivity index (χ1) is 9.92. The van der Waals surface area contributed by atoms with Crippen LogP contribution < -0.4 is 0 Å². The SMILES string of the molecule is CCn1nc(C)cc1CC(O)CCc1c(C)nn(C)c1C. The van der Waals surface area contributed by atoms with Gasteiger partial charge in [-0.1, -0.05) is 0 Å². The van der Waals surface area contributed by atoms with E-state index in [0.717, 1.165) is 36.5 Å². The summed E-state index contributed by atoms with van der Waals surface area (Å²) in [4.78, 5) is 0. The standard InChI is InChI=1S/C16H26N4O/c1-6-20-14(9-11(2)17-20)10-15(21)7-8-16-12(3)18-19(5)13(16)4/h9,15,21H,6-8,10H2,1-5H3. The van der Waals surface area contributed by atoms with Gasteiger partial charge in [0.1, 0.15) is 0 Å². The normalized spacial score (nSPS) is 12.9. The predicted octanol–water partition coefficient (Wildman–Crippen LogP) is 2.10. The summed E-state index contributed by atoms with van der Waals surface area (Å²) in [5, 5.41) is 19.2. The lowest BCUT2D eigenvalue weighted by Gasteiger charge is -2.12. The van der Waals surface area contributed by atoms with Crippen molar-refractivity contribution in [3.05, 3.63) is 34.4 Å². The lowest BCUT2D eigenvalue weighted by molar-refractivity contribution is 0.162. The van der Waals surface area contributed by atoms with E-state index in [9.17, 15) is 5.11 Å². The highest BCUT2D eigenvalue weighted by atomic mass is 16.3. The molecule has 0 fully saturated rings. The molecular weight excluding hydrogens is 264 g/mol. The largest absolute Gasteiger partial charge is 0.393 e. The molecule has 21 heavy (non-hydrogen) atoms. The van der Waals surface area contributed by atoms with Crippen molar-refractivity contribution in [1.82, 2.24) is 19.6 Å². The van der Waals surface area contributed by atoms with Gasteiger partial charge in [-0.3, -0.25) is 9.36 Å². The zero-order chi connectivity index (χ0) is 15.6. The maximum atomic E-state index is 10.3. The first-order valence-electron chi connectivity index (χ1n) is 7.62. The number of aliphatic hydroxyl groups is 1. The summed E-state index contributed by atoms with van der Waals surface area (Å²) < 4.78 is 3.88. The Morgan fingerprint density at radius 1 is 1.24 bits per heavy atom. The van der Waals surface area contributed by atoms with Crippen LogP contribution in [0.15, 0.2) is 6.07 Å². The van der Waals surface area contributed by atoms with Crippen molar-refractivity contribution in [3.63, 3.8) is 0 Å². The predicted molar refractivity (Wildman–Crippen MR) is 83.4 cm³/mol. The van der Waals surface area contributed by atoms with Gasteiger partial charge in [-0.15, -0.1) is 0 Å². The minimum absolute atomic E-state index is 0.342. The van der Waals surface area contributed by atoms with Crippen LogP contribution in [0, 0.1) is 20.8 Å². The van der Waals surface area contributed by atoms with Crippen molar-refractivity contribution >= 4 is 0 Å². The van der Waals surface area contributed by atoms with E-state index in [4.69, 9.17) is 0 Å². The Morgan fingerprint density at radius 3 is 2.52 bits per heavy atom. The molecule has 0 aliphatic carbocycles. The molecule has 0 aromatic carbocycles. The highest BCUT2D eigenvalue weighted by molar-refractivity contribution is 5.24. The summed E-state index contributed by atoms with van der Waals surface area (Å²) in [5.41, 5.74) is 5.64. The van der Waals surface area contributed by atoms with Crippen LogP contribution in [0.4, 0.5) is 0 Å². The summed E-state index contributed by atoms with van der Waals surface area (Å²) in [6.45, 7) is 9.02. The maximum Gasteiger partial charge on any atom is 0.0628 e. The first kappa shape index (κ1) is 15.8. The summed E-state index contributed by atoms with van der Waals surface area (Å²) in [7, 11) is 1.96. The number of nitrogens with zero attached hydrogens (tertiary/aromatic N) is 4. The zero-order valence-corrected chi connectivity index (χ0v) is 13.7. The Kier molecular flexibility index (Phi) is 4.83. The number of aliphatic hydroxyl groups excluding tert-OH is 1. The van der Waals surface area contributed by atoms with Crippen molar-refractivity contribution < 1.29 is 5.11 Å². The van der Waals surface area contributed by atoms with Gasteiger partial charge in [-0.25, -0.2) is 0 Å². The Bertz CT molecular complexity index is 612. The molecule has 5 nitrogen and oxygen atoms in total. The van der Waals surface area contributed by atoms with Crippen LogP contribution in [0.5, 0.6) is 0 Å². The quantitative estimate of drug-likeness (QED) is 0.886. The Morgan fingerprint density at radius 2 is 1.95 bits per heavy atom. The fourth-order valence-electron chi connectivity index (χ4n) is 2.87. The van der Waals surface area contributed by atoms with Crippen LogP contribution >= 0.6 is 0 Å². The van der Waals surface area contributed by atoms with Crippen LogP contribution in [0.25, 0.3) is 0 Å². The van der Waals surface area contributed by atoms with Crippen molar-refractivity contribution in [2.75, 3.05) is 0 Å². The van der Waals surface area contributed by atoms with Crippen LogP contribution in [0.1, 0.15) is 41.7 Å². The number of hydrogen-bond donors (Lipinski definition) is 1. The number of rotatable bonds is 6. The van der Waals surface area contributed by atoms with E-state index in [-0.39, 0.29) is 6.10 Å². The van der Waals surface area contributed by atoms with Gasteiger partial charge in [-0.2, -0.15) is 10.2 Å². The summed E-state index contributed by atoms with van der Waals surface area (Å²) in [6, 6.07) is 2.06. The summed E-state index contributed by atoms with van der Waals surface area (Å²) in [5.74, 6) is 0. The van der Waals surface area contributed by atoms with E-state index in [1.807, 2.05) is 30.3 Å². The average Bonchev–Trinajstić information content (AvgIpc) is 2.88. The fraction of sp³-hybridized carbons (Fsp3) is 0.625. The van der Waals surface area contributed by atoms with Gasteiger partial charge in [0.15, 0.2) is 0 Å². The minimum Gasteiger partial charge on any atom is -0.393 e. The average molecular weight is 290 g/mol. The molecule has 0 bridgehead atoms. The third kappa shape index (κ3) is 3.53. The van der Waals surface area contributed by atoms with Crippen molar-refractivity contribution in [3.8, 4) is 0 Å². The van der Waals surface area contributed by atoms with Gasteiger partial charge in [0.05, 0.1) is 17.5 Å². The van der Waals surface area contributed by atoms with E-state index in [2.05, 4.69) is 30.1 Å². The second-order valence-electron chi connectivity index (χ2n) is 5.76. The van der Waals surface area contributed by atoms with Crippen molar-refractivity contribution in [2.45, 2.75) is 59.6 Å². The number of aromatic nitrogens is 4. The molecule has 2 aromatic rings. The molecule has 5 heteroatoms. The Labute approximate surface area is 126 Å². The molecule has 0 saturated carbocycles. The molecule has 0 aliphatic rings. The van der Waals surface area contributed by atoms with Crippen LogP contribution in [-0.2, 0) is 26.4 Å². The van der Waals surface area contributed by atoms with E-state index < -0.39 is 0 Å². The first-order valence-corrected chi connectivity index (χ1v) is 7.62. The van der Waals surface area contributed by atoms with Gasteiger partial charge in [0.2, 0.25) is 0 Å². The van der Waals surface area contributed by atoms with Crippen molar-refractivity contribution in [1.29, 1.82) is 0 Å². The van der Waals surface area contributed by atoms with E-state index in [1.54, 1.807) is 0 Å². The molecule has 0 spiro atoms. The van der Waals surface area contributed by atoms with Gasteiger partial charge in [0.25, 0.3) is 0 Å². The number of aryl methyl sites for hydroxylation is 4. The molecule has 2 aromatic heterocycles. The lowest BCUT2D eigenvalue weighted by atomic mass is 10.0. The third-order valence-corrected chi connectivity index (χ3v) is 4.12. The molecule has 2 rings (SSSR count). The van der Waals surface area contributed by atoms with Crippen molar-refractivity contribution in [2.24, 2.45) is 7.05 Å². The number of hydrogen-bond acceptors (Lipinski definition) is 3. The lowest BCUT2D eigenvalue weighted by Crippen LogP contribution is -2.15. The topological polar surface area (TPSA) is 55.9 Å². The van der Waals surface area contributed by atoms with E-state index >= 15 is 0 Å². The Hall–Kier alpha value is -1.62. The fourth-order valence-corrected chi connectivity index (χ4v) is 2.87. The highest BCUT2D eigenvalue weighted by Crippen LogP contribution is 2.16. The summed E-state index contributed by atoms with van der Waals surface area (Å²) in [6.07, 6.45) is 1.94. The van der Waals surface area contributed by atoms with Gasteiger partial charge in [0, 0.05) is 31.4 Å². The highest BCUT2D eigenvalue weighted by Gasteiger charge is 2.14.